The number of nitrogens with zero attached hydrogens (tertiary/aromatic N) is 3. The third-order valence-corrected chi connectivity index (χ3v) is 5.96. The molecule has 2 heterocycles. The number of nitrogens with one attached hydrogen (secondary N) is 1. The van der Waals surface area contributed by atoms with E-state index in [9.17, 15) is 4.79 Å². The van der Waals surface area contributed by atoms with E-state index in [4.69, 9.17) is 19.6 Å². The predicted octanol–water partition coefficient (Wildman–Crippen LogP) is 4.18. The third-order valence-electron chi connectivity index (χ3n) is 5.96. The van der Waals surface area contributed by atoms with E-state index in [1.54, 1.807) is 14.2 Å². The highest BCUT2D eigenvalue weighted by Gasteiger charge is 2.21. The first-order chi connectivity index (χ1) is 15.0. The molecule has 0 radical (unpaired) electrons. The number of pyridine rings is 1. The second kappa shape index (κ2) is 8.96. The Balaban J connectivity index is 1.69. The first kappa shape index (κ1) is 21.2. The van der Waals surface area contributed by atoms with Crippen molar-refractivity contribution in [2.24, 2.45) is 0 Å². The highest BCUT2D eigenvalue weighted by Crippen LogP contribution is 2.37. The number of benzene rings is 1. The van der Waals surface area contributed by atoms with Gasteiger partial charge in [0.25, 0.3) is 0 Å². The monoisotopic (exact) mass is 422 g/mol. The fourth-order valence-electron chi connectivity index (χ4n) is 4.43. The molecule has 2 aromatic heterocycles. The van der Waals surface area contributed by atoms with Crippen LogP contribution < -0.4 is 14.8 Å². The minimum absolute atomic E-state index is 0.0727. The lowest BCUT2D eigenvalue weighted by Gasteiger charge is -2.12. The fraction of sp³-hybridized carbons (Fsp3) is 0.458. The van der Waals surface area contributed by atoms with Crippen molar-refractivity contribution in [2.45, 2.75) is 58.5 Å². The summed E-state index contributed by atoms with van der Waals surface area (Å²) in [5, 5.41) is 9.01. The van der Waals surface area contributed by atoms with E-state index in [1.165, 1.54) is 12.8 Å². The molecule has 0 saturated heterocycles. The van der Waals surface area contributed by atoms with Crippen molar-refractivity contribution in [3.63, 3.8) is 0 Å². The van der Waals surface area contributed by atoms with E-state index >= 15 is 0 Å². The smallest absolute Gasteiger partial charge is 0.222 e. The number of aromatic nitrogens is 3. The standard InChI is InChI=1S/C24H30N4O3/c1-15-13-16(2)25-24-22(15)23(19-10-9-18(30-3)14-20(19)31-4)27-28(24)12-11-21(29)26-17-7-5-6-8-17/h9-10,13-14,17H,5-8,11-12H2,1-4H3,(H,26,29). The van der Waals surface area contributed by atoms with Gasteiger partial charge in [0.2, 0.25) is 5.91 Å². The molecule has 1 aliphatic carbocycles. The van der Waals surface area contributed by atoms with Gasteiger partial charge in [0.15, 0.2) is 5.65 Å². The minimum atomic E-state index is 0.0727. The molecule has 1 amide bonds. The summed E-state index contributed by atoms with van der Waals surface area (Å²) in [6.45, 7) is 4.52. The summed E-state index contributed by atoms with van der Waals surface area (Å²) < 4.78 is 12.8. The molecule has 31 heavy (non-hydrogen) atoms. The number of methoxy groups -OCH3 is 2. The van der Waals surface area contributed by atoms with Gasteiger partial charge in [-0.3, -0.25) is 4.79 Å². The van der Waals surface area contributed by atoms with Gasteiger partial charge >= 0.3 is 0 Å². The molecule has 164 valence electrons. The van der Waals surface area contributed by atoms with Gasteiger partial charge in [-0.2, -0.15) is 5.10 Å². The Labute approximate surface area is 182 Å². The minimum Gasteiger partial charge on any atom is -0.497 e. The molecule has 1 aliphatic rings. The first-order valence-corrected chi connectivity index (χ1v) is 10.9. The number of aryl methyl sites for hydroxylation is 3. The second-order valence-corrected chi connectivity index (χ2v) is 8.22. The van der Waals surface area contributed by atoms with Crippen molar-refractivity contribution < 1.29 is 14.3 Å². The molecule has 1 aromatic carbocycles. The van der Waals surface area contributed by atoms with Crippen molar-refractivity contribution in [2.75, 3.05) is 14.2 Å². The van der Waals surface area contributed by atoms with Crippen LogP contribution in [0.2, 0.25) is 0 Å². The zero-order chi connectivity index (χ0) is 22.0. The number of hydrogen-bond donors (Lipinski definition) is 1. The van der Waals surface area contributed by atoms with Crippen LogP contribution in [0.3, 0.4) is 0 Å². The number of hydrogen-bond acceptors (Lipinski definition) is 5. The molecule has 1 fully saturated rings. The summed E-state index contributed by atoms with van der Waals surface area (Å²) in [5.74, 6) is 1.48. The van der Waals surface area contributed by atoms with Crippen molar-refractivity contribution >= 4 is 16.9 Å². The largest absolute Gasteiger partial charge is 0.497 e. The van der Waals surface area contributed by atoms with Crippen LogP contribution in [0.5, 0.6) is 11.5 Å². The van der Waals surface area contributed by atoms with Crippen LogP contribution in [-0.2, 0) is 11.3 Å². The van der Waals surface area contributed by atoms with E-state index in [2.05, 4.69) is 18.3 Å². The van der Waals surface area contributed by atoms with Gasteiger partial charge in [-0.15, -0.1) is 0 Å². The highest BCUT2D eigenvalue weighted by molar-refractivity contribution is 5.95. The van der Waals surface area contributed by atoms with E-state index < -0.39 is 0 Å². The van der Waals surface area contributed by atoms with Crippen LogP contribution >= 0.6 is 0 Å². The van der Waals surface area contributed by atoms with Crippen LogP contribution in [0.4, 0.5) is 0 Å². The molecular formula is C24H30N4O3. The van der Waals surface area contributed by atoms with E-state index in [0.717, 1.165) is 52.1 Å². The van der Waals surface area contributed by atoms with Gasteiger partial charge < -0.3 is 14.8 Å². The summed E-state index contributed by atoms with van der Waals surface area (Å²) >= 11 is 0. The fourth-order valence-corrected chi connectivity index (χ4v) is 4.43. The van der Waals surface area contributed by atoms with Crippen LogP contribution in [0.15, 0.2) is 24.3 Å². The maximum Gasteiger partial charge on any atom is 0.222 e. The lowest BCUT2D eigenvalue weighted by Crippen LogP contribution is -2.33. The van der Waals surface area contributed by atoms with Crippen LogP contribution in [-0.4, -0.2) is 40.9 Å². The Bertz CT molecular complexity index is 1100. The van der Waals surface area contributed by atoms with Gasteiger partial charge in [0.05, 0.1) is 26.2 Å². The number of rotatable bonds is 7. The molecule has 7 nitrogen and oxygen atoms in total. The summed E-state index contributed by atoms with van der Waals surface area (Å²) in [6.07, 6.45) is 4.94. The number of carbonyl (C=O) groups is 1. The predicted molar refractivity (Wildman–Crippen MR) is 121 cm³/mol. The molecule has 1 saturated carbocycles. The lowest BCUT2D eigenvalue weighted by atomic mass is 10.0. The van der Waals surface area contributed by atoms with Gasteiger partial charge in [-0.05, 0) is 50.5 Å². The summed E-state index contributed by atoms with van der Waals surface area (Å²) in [4.78, 5) is 17.2. The van der Waals surface area contributed by atoms with Crippen molar-refractivity contribution in [1.29, 1.82) is 0 Å². The van der Waals surface area contributed by atoms with E-state index in [-0.39, 0.29) is 5.91 Å². The molecule has 0 spiro atoms. The Morgan fingerprint density at radius 3 is 2.65 bits per heavy atom. The molecule has 0 bridgehead atoms. The average Bonchev–Trinajstić information content (AvgIpc) is 3.39. The molecule has 0 atom stereocenters. The van der Waals surface area contributed by atoms with E-state index in [0.29, 0.717) is 24.8 Å². The average molecular weight is 423 g/mol. The number of fused-ring (bicyclic) bond motifs is 1. The molecule has 4 rings (SSSR count). The lowest BCUT2D eigenvalue weighted by molar-refractivity contribution is -0.122. The summed E-state index contributed by atoms with van der Waals surface area (Å²) in [5.41, 5.74) is 4.48. The van der Waals surface area contributed by atoms with Crippen LogP contribution in [0, 0.1) is 13.8 Å². The zero-order valence-electron chi connectivity index (χ0n) is 18.7. The van der Waals surface area contributed by atoms with Crippen LogP contribution in [0.25, 0.3) is 22.3 Å². The number of amides is 1. The van der Waals surface area contributed by atoms with Gasteiger partial charge in [-0.25, -0.2) is 9.67 Å². The number of ether oxygens (including phenoxy) is 2. The maximum atomic E-state index is 12.5. The molecule has 0 unspecified atom stereocenters. The zero-order valence-corrected chi connectivity index (χ0v) is 18.7. The SMILES string of the molecule is COc1ccc(-c2nn(CCC(=O)NC3CCCC3)c3nc(C)cc(C)c23)c(OC)c1. The normalized spacial score (nSPS) is 14.2. The number of carbonyl (C=O) groups excluding carboxylic acids is 1. The van der Waals surface area contributed by atoms with E-state index in [1.807, 2.05) is 29.8 Å². The molecule has 1 N–H and O–H groups in total. The Hall–Kier alpha value is -3.09. The Morgan fingerprint density at radius 2 is 1.94 bits per heavy atom. The highest BCUT2D eigenvalue weighted by atomic mass is 16.5. The quantitative estimate of drug-likeness (QED) is 0.618. The third kappa shape index (κ3) is 4.36. The van der Waals surface area contributed by atoms with Crippen LogP contribution in [0.1, 0.15) is 43.4 Å². The van der Waals surface area contributed by atoms with Gasteiger partial charge in [0, 0.05) is 29.8 Å². The summed E-state index contributed by atoms with van der Waals surface area (Å²) in [6, 6.07) is 8.08. The first-order valence-electron chi connectivity index (χ1n) is 10.9. The Kier molecular flexibility index (Phi) is 6.11. The van der Waals surface area contributed by atoms with Crippen molar-refractivity contribution in [1.82, 2.24) is 20.1 Å². The Morgan fingerprint density at radius 1 is 1.16 bits per heavy atom. The molecule has 0 aliphatic heterocycles. The van der Waals surface area contributed by atoms with Gasteiger partial charge in [-0.1, -0.05) is 12.8 Å². The molecular weight excluding hydrogens is 392 g/mol. The van der Waals surface area contributed by atoms with Gasteiger partial charge in [0.1, 0.15) is 17.2 Å². The maximum absolute atomic E-state index is 12.5. The van der Waals surface area contributed by atoms with Crippen molar-refractivity contribution in [3.8, 4) is 22.8 Å². The molecule has 7 heteroatoms. The second-order valence-electron chi connectivity index (χ2n) is 8.22. The molecule has 3 aromatic rings. The van der Waals surface area contributed by atoms with Crippen molar-refractivity contribution in [3.05, 3.63) is 35.5 Å². The topological polar surface area (TPSA) is 78.3 Å². The summed E-state index contributed by atoms with van der Waals surface area (Å²) in [7, 11) is 3.27.